The Bertz CT molecular complexity index is 961. The summed E-state index contributed by atoms with van der Waals surface area (Å²) in [6.07, 6.45) is 1.80. The third kappa shape index (κ3) is 4.85. The number of piperidine rings is 1. The minimum absolute atomic E-state index is 0.0895. The van der Waals surface area contributed by atoms with E-state index < -0.39 is 17.9 Å². The number of nitriles is 1. The Morgan fingerprint density at radius 1 is 1.41 bits per heavy atom. The largest absolute Gasteiger partial charge is 0.496 e. The number of H-pyrrole nitrogens is 1. The van der Waals surface area contributed by atoms with Crippen LogP contribution in [0.5, 0.6) is 5.75 Å². The lowest BCUT2D eigenvalue weighted by Gasteiger charge is -2.23. The average Bonchev–Trinajstić information content (AvgIpc) is 3.17. The van der Waals surface area contributed by atoms with Crippen molar-refractivity contribution in [3.8, 4) is 11.8 Å². The Labute approximate surface area is 167 Å². The summed E-state index contributed by atoms with van der Waals surface area (Å²) in [5.74, 6) is -0.676. The summed E-state index contributed by atoms with van der Waals surface area (Å²) in [5.41, 5.74) is 1.04. The van der Waals surface area contributed by atoms with Gasteiger partial charge in [0.2, 0.25) is 11.8 Å². The zero-order valence-corrected chi connectivity index (χ0v) is 16.1. The molecule has 1 aromatic heterocycles. The minimum atomic E-state index is -0.786. The van der Waals surface area contributed by atoms with Crippen LogP contribution in [-0.4, -0.2) is 48.9 Å². The first kappa shape index (κ1) is 20.2. The Kier molecular flexibility index (Phi) is 6.34. The van der Waals surface area contributed by atoms with Gasteiger partial charge in [0.05, 0.1) is 19.7 Å². The fourth-order valence-electron chi connectivity index (χ4n) is 3.42. The molecule has 3 amide bonds. The van der Waals surface area contributed by atoms with E-state index in [2.05, 4.69) is 20.9 Å². The van der Waals surface area contributed by atoms with Crippen LogP contribution in [0.3, 0.4) is 0 Å². The van der Waals surface area contributed by atoms with Crippen LogP contribution >= 0.6 is 0 Å². The number of carbonyl (C=O) groups is 3. The zero-order valence-electron chi connectivity index (χ0n) is 16.1. The van der Waals surface area contributed by atoms with Crippen molar-refractivity contribution in [2.45, 2.75) is 25.3 Å². The van der Waals surface area contributed by atoms with Crippen molar-refractivity contribution in [1.29, 1.82) is 5.26 Å². The number of fused-ring (bicyclic) bond motifs is 1. The van der Waals surface area contributed by atoms with Crippen LogP contribution in [0.1, 0.15) is 29.8 Å². The second-order valence-electron chi connectivity index (χ2n) is 6.90. The molecule has 2 atom stereocenters. The first-order chi connectivity index (χ1) is 14.0. The topological polar surface area (TPSA) is 136 Å². The number of aromatic amines is 1. The molecule has 0 unspecified atom stereocenters. The predicted octanol–water partition coefficient (Wildman–Crippen LogP) is 0.831. The SMILES string of the molecule is COc1cccc2[nH]c(C(=O)NCC(=O)N[C@H](C#N)C[C@@H]3CCCNC3=O)cc12. The lowest BCUT2D eigenvalue weighted by molar-refractivity contribution is -0.127. The summed E-state index contributed by atoms with van der Waals surface area (Å²) in [6, 6.07) is 8.29. The molecule has 3 rings (SSSR count). The van der Waals surface area contributed by atoms with Crippen molar-refractivity contribution in [3.63, 3.8) is 0 Å². The Morgan fingerprint density at radius 3 is 2.97 bits per heavy atom. The molecule has 0 bridgehead atoms. The van der Waals surface area contributed by atoms with Crippen LogP contribution in [0, 0.1) is 17.2 Å². The van der Waals surface area contributed by atoms with Crippen molar-refractivity contribution in [3.05, 3.63) is 30.0 Å². The average molecular weight is 397 g/mol. The lowest BCUT2D eigenvalue weighted by atomic mass is 9.92. The standard InChI is InChI=1S/C20H23N5O4/c1-29-17-6-2-5-15-14(17)9-16(25-15)20(28)23-11-18(26)24-13(10-21)8-12-4-3-7-22-19(12)27/h2,5-6,9,12-13,25H,3-4,7-8,11H2,1H3,(H,22,27)(H,23,28)(H,24,26)/t12-,13-/m0/s1. The fraction of sp³-hybridized carbons (Fsp3) is 0.400. The van der Waals surface area contributed by atoms with Gasteiger partial charge in [-0.25, -0.2) is 0 Å². The van der Waals surface area contributed by atoms with Crippen molar-refractivity contribution in [2.75, 3.05) is 20.2 Å². The number of aromatic nitrogens is 1. The molecular formula is C20H23N5O4. The monoisotopic (exact) mass is 397 g/mol. The molecule has 0 radical (unpaired) electrons. The van der Waals surface area contributed by atoms with E-state index in [9.17, 15) is 19.6 Å². The molecular weight excluding hydrogens is 374 g/mol. The van der Waals surface area contributed by atoms with Gasteiger partial charge < -0.3 is 25.7 Å². The van der Waals surface area contributed by atoms with Crippen LogP contribution in [0.4, 0.5) is 0 Å². The molecule has 1 saturated heterocycles. The van der Waals surface area contributed by atoms with Crippen molar-refractivity contribution >= 4 is 28.6 Å². The summed E-state index contributed by atoms with van der Waals surface area (Å²) in [7, 11) is 1.55. The summed E-state index contributed by atoms with van der Waals surface area (Å²) < 4.78 is 5.27. The van der Waals surface area contributed by atoms with Gasteiger partial charge in [-0.05, 0) is 37.5 Å². The van der Waals surface area contributed by atoms with Gasteiger partial charge >= 0.3 is 0 Å². The lowest BCUT2D eigenvalue weighted by Crippen LogP contribution is -2.44. The number of hydrogen-bond donors (Lipinski definition) is 4. The first-order valence-corrected chi connectivity index (χ1v) is 9.42. The number of rotatable bonds is 7. The van der Waals surface area contributed by atoms with E-state index in [-0.39, 0.29) is 24.8 Å². The van der Waals surface area contributed by atoms with Gasteiger partial charge in [0.15, 0.2) is 0 Å². The number of hydrogen-bond acceptors (Lipinski definition) is 5. The molecule has 1 fully saturated rings. The Morgan fingerprint density at radius 2 is 2.24 bits per heavy atom. The summed E-state index contributed by atoms with van der Waals surface area (Å²) in [4.78, 5) is 39.3. The van der Waals surface area contributed by atoms with Gasteiger partial charge in [-0.15, -0.1) is 0 Å². The number of methoxy groups -OCH3 is 1. The van der Waals surface area contributed by atoms with Gasteiger partial charge in [0.25, 0.3) is 5.91 Å². The number of ether oxygens (including phenoxy) is 1. The third-order valence-electron chi connectivity index (χ3n) is 4.91. The van der Waals surface area contributed by atoms with Gasteiger partial charge in [-0.1, -0.05) is 6.07 Å². The highest BCUT2D eigenvalue weighted by Crippen LogP contribution is 2.25. The number of nitrogens with one attached hydrogen (secondary N) is 4. The number of benzene rings is 1. The summed E-state index contributed by atoms with van der Waals surface area (Å²) in [5, 5.41) is 17.9. The maximum atomic E-state index is 12.4. The van der Waals surface area contributed by atoms with E-state index in [1.54, 1.807) is 25.3 Å². The number of carbonyl (C=O) groups excluding carboxylic acids is 3. The van der Waals surface area contributed by atoms with E-state index in [1.165, 1.54) is 0 Å². The molecule has 29 heavy (non-hydrogen) atoms. The van der Waals surface area contributed by atoms with Gasteiger partial charge in [-0.3, -0.25) is 14.4 Å². The van der Waals surface area contributed by atoms with E-state index in [0.29, 0.717) is 24.4 Å². The molecule has 9 nitrogen and oxygen atoms in total. The van der Waals surface area contributed by atoms with Crippen LogP contribution in [-0.2, 0) is 9.59 Å². The Balaban J connectivity index is 1.53. The second kappa shape index (κ2) is 9.10. The van der Waals surface area contributed by atoms with Gasteiger partial charge in [0.1, 0.15) is 17.5 Å². The summed E-state index contributed by atoms with van der Waals surface area (Å²) in [6.45, 7) is 0.366. The molecule has 1 aliphatic heterocycles. The molecule has 9 heteroatoms. The van der Waals surface area contributed by atoms with Crippen LogP contribution in [0.25, 0.3) is 10.9 Å². The first-order valence-electron chi connectivity index (χ1n) is 9.42. The number of nitrogens with zero attached hydrogens (tertiary/aromatic N) is 1. The molecule has 2 heterocycles. The van der Waals surface area contributed by atoms with Gasteiger partial charge in [-0.2, -0.15) is 5.26 Å². The quantitative estimate of drug-likeness (QED) is 0.549. The van der Waals surface area contributed by atoms with E-state index >= 15 is 0 Å². The molecule has 4 N–H and O–H groups in total. The smallest absolute Gasteiger partial charge is 0.268 e. The van der Waals surface area contributed by atoms with E-state index in [4.69, 9.17) is 4.74 Å². The molecule has 152 valence electrons. The predicted molar refractivity (Wildman–Crippen MR) is 105 cm³/mol. The van der Waals surface area contributed by atoms with E-state index in [1.807, 2.05) is 12.1 Å². The highest BCUT2D eigenvalue weighted by Gasteiger charge is 2.26. The zero-order chi connectivity index (χ0) is 20.8. The third-order valence-corrected chi connectivity index (χ3v) is 4.91. The minimum Gasteiger partial charge on any atom is -0.496 e. The fourth-order valence-corrected chi connectivity index (χ4v) is 3.42. The van der Waals surface area contributed by atoms with Crippen molar-refractivity contribution in [1.82, 2.24) is 20.9 Å². The molecule has 1 aliphatic rings. The molecule has 1 aromatic carbocycles. The highest BCUT2D eigenvalue weighted by molar-refractivity contribution is 6.00. The molecule has 0 spiro atoms. The Hall–Kier alpha value is -3.54. The van der Waals surface area contributed by atoms with Gasteiger partial charge in [0, 0.05) is 23.4 Å². The van der Waals surface area contributed by atoms with Crippen LogP contribution in [0.15, 0.2) is 24.3 Å². The van der Waals surface area contributed by atoms with Crippen molar-refractivity contribution < 1.29 is 19.1 Å². The van der Waals surface area contributed by atoms with Crippen LogP contribution < -0.4 is 20.7 Å². The maximum absolute atomic E-state index is 12.4. The summed E-state index contributed by atoms with van der Waals surface area (Å²) >= 11 is 0. The number of amides is 3. The van der Waals surface area contributed by atoms with E-state index in [0.717, 1.165) is 17.3 Å². The highest BCUT2D eigenvalue weighted by atomic mass is 16.5. The van der Waals surface area contributed by atoms with Crippen LogP contribution in [0.2, 0.25) is 0 Å². The maximum Gasteiger partial charge on any atom is 0.268 e. The molecule has 0 saturated carbocycles. The molecule has 2 aromatic rings. The second-order valence-corrected chi connectivity index (χ2v) is 6.90. The molecule has 0 aliphatic carbocycles. The van der Waals surface area contributed by atoms with Crippen molar-refractivity contribution in [2.24, 2.45) is 5.92 Å². The normalized spacial score (nSPS) is 17.1.